The van der Waals surface area contributed by atoms with Crippen LogP contribution in [0.25, 0.3) is 0 Å². The van der Waals surface area contributed by atoms with E-state index in [9.17, 15) is 0 Å². The van der Waals surface area contributed by atoms with Crippen molar-refractivity contribution in [2.45, 2.75) is 45.2 Å². The molecule has 2 aliphatic rings. The maximum atomic E-state index is 6.05. The van der Waals surface area contributed by atoms with Crippen molar-refractivity contribution in [2.75, 3.05) is 19.6 Å². The Labute approximate surface area is 127 Å². The fraction of sp³-hybridized carbons (Fsp3) is 0.647. The molecule has 0 aromatic heterocycles. The van der Waals surface area contributed by atoms with Crippen molar-refractivity contribution in [1.82, 2.24) is 10.2 Å². The van der Waals surface area contributed by atoms with Gasteiger partial charge in [-0.3, -0.25) is 4.90 Å². The number of nitrogens with zero attached hydrogens (tertiary/aromatic N) is 1. The predicted octanol–water partition coefficient (Wildman–Crippen LogP) is 3.61. The van der Waals surface area contributed by atoms with Crippen LogP contribution < -0.4 is 5.32 Å². The number of hydrogen-bond donors (Lipinski definition) is 1. The highest BCUT2D eigenvalue weighted by atomic mass is 35.5. The van der Waals surface area contributed by atoms with Gasteiger partial charge >= 0.3 is 0 Å². The third kappa shape index (κ3) is 3.36. The van der Waals surface area contributed by atoms with Crippen LogP contribution in [0.3, 0.4) is 0 Å². The molecule has 3 rings (SSSR count). The third-order valence-corrected chi connectivity index (χ3v) is 5.14. The zero-order valence-electron chi connectivity index (χ0n) is 12.4. The highest BCUT2D eigenvalue weighted by Crippen LogP contribution is 2.26. The molecule has 1 aromatic carbocycles. The van der Waals surface area contributed by atoms with Gasteiger partial charge in [-0.1, -0.05) is 17.7 Å². The molecule has 2 nitrogen and oxygen atoms in total. The molecule has 20 heavy (non-hydrogen) atoms. The van der Waals surface area contributed by atoms with Gasteiger partial charge in [-0.2, -0.15) is 0 Å². The van der Waals surface area contributed by atoms with Crippen LogP contribution in [0.1, 0.15) is 36.8 Å². The number of rotatable bonds is 3. The molecule has 0 saturated carbocycles. The van der Waals surface area contributed by atoms with Crippen LogP contribution in [-0.4, -0.2) is 30.6 Å². The Bertz CT molecular complexity index is 454. The number of likely N-dealkylation sites (tertiary alicyclic amines) is 1. The molecule has 0 spiro atoms. The van der Waals surface area contributed by atoms with Crippen LogP contribution in [0, 0.1) is 12.8 Å². The van der Waals surface area contributed by atoms with Gasteiger partial charge in [0.05, 0.1) is 0 Å². The van der Waals surface area contributed by atoms with E-state index in [0.29, 0.717) is 0 Å². The molecule has 1 aromatic rings. The van der Waals surface area contributed by atoms with Crippen molar-refractivity contribution in [3.63, 3.8) is 0 Å². The first-order valence-corrected chi connectivity index (χ1v) is 8.31. The Kier molecular flexibility index (Phi) is 4.65. The Morgan fingerprint density at radius 2 is 2.20 bits per heavy atom. The van der Waals surface area contributed by atoms with Crippen molar-refractivity contribution in [3.05, 3.63) is 34.3 Å². The summed E-state index contributed by atoms with van der Waals surface area (Å²) in [5.41, 5.74) is 2.74. The summed E-state index contributed by atoms with van der Waals surface area (Å²) in [4.78, 5) is 2.63. The fourth-order valence-corrected chi connectivity index (χ4v) is 3.98. The van der Waals surface area contributed by atoms with E-state index in [1.807, 2.05) is 6.07 Å². The molecule has 2 heterocycles. The first-order valence-electron chi connectivity index (χ1n) is 7.93. The minimum Gasteiger partial charge on any atom is -0.314 e. The van der Waals surface area contributed by atoms with Gasteiger partial charge in [0, 0.05) is 24.2 Å². The van der Waals surface area contributed by atoms with Crippen molar-refractivity contribution in [1.29, 1.82) is 0 Å². The molecule has 0 bridgehead atoms. The van der Waals surface area contributed by atoms with Crippen LogP contribution >= 0.6 is 11.6 Å². The van der Waals surface area contributed by atoms with Crippen LogP contribution in [-0.2, 0) is 6.54 Å². The molecule has 0 radical (unpaired) electrons. The van der Waals surface area contributed by atoms with E-state index in [2.05, 4.69) is 29.3 Å². The lowest BCUT2D eigenvalue weighted by Crippen LogP contribution is -2.43. The summed E-state index contributed by atoms with van der Waals surface area (Å²) >= 11 is 6.05. The smallest absolute Gasteiger partial charge is 0.0408 e. The first kappa shape index (κ1) is 14.4. The summed E-state index contributed by atoms with van der Waals surface area (Å²) in [5.74, 6) is 0.846. The van der Waals surface area contributed by atoms with Gasteiger partial charge in [0.2, 0.25) is 0 Å². The molecule has 0 aliphatic carbocycles. The van der Waals surface area contributed by atoms with Crippen molar-refractivity contribution < 1.29 is 0 Å². The third-order valence-electron chi connectivity index (χ3n) is 4.91. The van der Waals surface area contributed by atoms with Gasteiger partial charge in [-0.15, -0.1) is 0 Å². The number of piperidine rings is 1. The van der Waals surface area contributed by atoms with E-state index in [4.69, 9.17) is 11.6 Å². The van der Waals surface area contributed by atoms with Crippen molar-refractivity contribution in [3.8, 4) is 0 Å². The SMILES string of the molecule is Cc1cc(Cl)ccc1CN1CCCC(C2CCCN2)C1. The quantitative estimate of drug-likeness (QED) is 0.915. The second-order valence-corrected chi connectivity index (χ2v) is 6.85. The molecule has 2 atom stereocenters. The summed E-state index contributed by atoms with van der Waals surface area (Å²) < 4.78 is 0. The van der Waals surface area contributed by atoms with Gasteiger partial charge < -0.3 is 5.32 Å². The van der Waals surface area contributed by atoms with E-state index < -0.39 is 0 Å². The van der Waals surface area contributed by atoms with E-state index in [1.54, 1.807) is 0 Å². The fourth-order valence-electron chi connectivity index (χ4n) is 3.75. The Hall–Kier alpha value is -0.570. The monoisotopic (exact) mass is 292 g/mol. The predicted molar refractivity (Wildman–Crippen MR) is 85.2 cm³/mol. The topological polar surface area (TPSA) is 15.3 Å². The van der Waals surface area contributed by atoms with Gasteiger partial charge in [-0.25, -0.2) is 0 Å². The molecule has 2 aliphatic heterocycles. The number of halogens is 1. The lowest BCUT2D eigenvalue weighted by atomic mass is 9.89. The normalized spacial score (nSPS) is 27.9. The minimum atomic E-state index is 0.768. The van der Waals surface area contributed by atoms with Crippen LogP contribution in [0.2, 0.25) is 5.02 Å². The lowest BCUT2D eigenvalue weighted by Gasteiger charge is -2.36. The zero-order chi connectivity index (χ0) is 13.9. The average Bonchev–Trinajstić information content (AvgIpc) is 2.96. The number of nitrogens with one attached hydrogen (secondary N) is 1. The molecule has 0 amide bonds. The standard InChI is InChI=1S/C17H25ClN2/c1-13-10-16(18)7-6-14(13)11-20-9-3-4-15(12-20)17-5-2-8-19-17/h6-7,10,15,17,19H,2-5,8-9,11-12H2,1H3. The van der Waals surface area contributed by atoms with Gasteiger partial charge in [0.15, 0.2) is 0 Å². The Morgan fingerprint density at radius 1 is 1.30 bits per heavy atom. The van der Waals surface area contributed by atoms with E-state index in [0.717, 1.165) is 23.5 Å². The Morgan fingerprint density at radius 3 is 2.95 bits per heavy atom. The lowest BCUT2D eigenvalue weighted by molar-refractivity contribution is 0.145. The number of benzene rings is 1. The Balaban J connectivity index is 1.62. The summed E-state index contributed by atoms with van der Waals surface area (Å²) in [6, 6.07) is 7.06. The molecule has 2 saturated heterocycles. The number of aryl methyl sites for hydroxylation is 1. The van der Waals surface area contributed by atoms with Gasteiger partial charge in [0.1, 0.15) is 0 Å². The average molecular weight is 293 g/mol. The first-order chi connectivity index (χ1) is 9.72. The van der Waals surface area contributed by atoms with Crippen molar-refractivity contribution >= 4 is 11.6 Å². The van der Waals surface area contributed by atoms with Gasteiger partial charge in [0.25, 0.3) is 0 Å². The summed E-state index contributed by atoms with van der Waals surface area (Å²) in [6.45, 7) is 6.95. The highest BCUT2D eigenvalue weighted by molar-refractivity contribution is 6.30. The molecule has 110 valence electrons. The van der Waals surface area contributed by atoms with E-state index in [1.165, 1.54) is 56.4 Å². The maximum Gasteiger partial charge on any atom is 0.0408 e. The largest absolute Gasteiger partial charge is 0.314 e. The summed E-state index contributed by atoms with van der Waals surface area (Å²) in [5, 5.41) is 4.53. The summed E-state index contributed by atoms with van der Waals surface area (Å²) in [7, 11) is 0. The van der Waals surface area contributed by atoms with Crippen LogP contribution in [0.15, 0.2) is 18.2 Å². The molecule has 3 heteroatoms. The molecule has 1 N–H and O–H groups in total. The van der Waals surface area contributed by atoms with E-state index in [-0.39, 0.29) is 0 Å². The second kappa shape index (κ2) is 6.46. The van der Waals surface area contributed by atoms with Gasteiger partial charge in [-0.05, 0) is 74.9 Å². The highest BCUT2D eigenvalue weighted by Gasteiger charge is 2.28. The minimum absolute atomic E-state index is 0.768. The number of hydrogen-bond acceptors (Lipinski definition) is 2. The van der Waals surface area contributed by atoms with E-state index >= 15 is 0 Å². The maximum absolute atomic E-state index is 6.05. The molecular weight excluding hydrogens is 268 g/mol. The second-order valence-electron chi connectivity index (χ2n) is 6.41. The molecule has 2 fully saturated rings. The van der Waals surface area contributed by atoms with Crippen LogP contribution in [0.5, 0.6) is 0 Å². The van der Waals surface area contributed by atoms with Crippen molar-refractivity contribution in [2.24, 2.45) is 5.92 Å². The molecule has 2 unspecified atom stereocenters. The molecular formula is C17H25ClN2. The zero-order valence-corrected chi connectivity index (χ0v) is 13.1. The summed E-state index contributed by atoms with van der Waals surface area (Å²) in [6.07, 6.45) is 5.47. The van der Waals surface area contributed by atoms with Crippen LogP contribution in [0.4, 0.5) is 0 Å².